The van der Waals surface area contributed by atoms with Crippen LogP contribution in [-0.2, 0) is 21.4 Å². The Kier molecular flexibility index (Phi) is 14.4. The van der Waals surface area contributed by atoms with Crippen LogP contribution in [0.25, 0.3) is 22.5 Å². The quantitative estimate of drug-likeness (QED) is 0.0689. The molecule has 3 atom stereocenters. The highest BCUT2D eigenvalue weighted by Gasteiger charge is 2.33. The molecule has 2 unspecified atom stereocenters. The highest BCUT2D eigenvalue weighted by Crippen LogP contribution is 2.24. The van der Waals surface area contributed by atoms with E-state index in [1.54, 1.807) is 54.9 Å². The molecule has 0 aliphatic rings. The Balaban J connectivity index is 1.28. The summed E-state index contributed by atoms with van der Waals surface area (Å²) in [6, 6.07) is 20.3. The number of aliphatic carboxylic acids is 1. The largest absolute Gasteiger partial charge is 0.494 e. The monoisotopic (exact) mass is 758 g/mol. The number of nitrogens with zero attached hydrogens (tertiary/aromatic N) is 4. The van der Waals surface area contributed by atoms with E-state index in [4.69, 9.17) is 4.74 Å². The number of carbonyl (C=O) groups is 3. The van der Waals surface area contributed by atoms with Crippen LogP contribution in [0, 0.1) is 0 Å². The minimum atomic E-state index is -1.68. The first kappa shape index (κ1) is 41.2. The molecule has 292 valence electrons. The van der Waals surface area contributed by atoms with Crippen LogP contribution in [0.4, 0.5) is 0 Å². The Morgan fingerprint density at radius 2 is 1.36 bits per heavy atom. The van der Waals surface area contributed by atoms with Gasteiger partial charge in [-0.1, -0.05) is 120 Å². The van der Waals surface area contributed by atoms with Gasteiger partial charge in [0, 0.05) is 47.8 Å². The Morgan fingerprint density at radius 3 is 1.96 bits per heavy atom. The number of aliphatic hydroxyl groups excluding tert-OH is 1. The summed E-state index contributed by atoms with van der Waals surface area (Å²) in [5, 5.41) is 26.0. The van der Waals surface area contributed by atoms with Crippen molar-refractivity contribution >= 4 is 17.8 Å². The van der Waals surface area contributed by atoms with Gasteiger partial charge in [-0.05, 0) is 35.2 Å². The molecule has 5 rings (SSSR count). The molecule has 56 heavy (non-hydrogen) atoms. The van der Waals surface area contributed by atoms with Crippen molar-refractivity contribution in [1.82, 2.24) is 30.6 Å². The summed E-state index contributed by atoms with van der Waals surface area (Å²) >= 11 is 0. The van der Waals surface area contributed by atoms with E-state index in [0.29, 0.717) is 29.4 Å². The van der Waals surface area contributed by atoms with E-state index in [9.17, 15) is 24.6 Å². The molecular formula is C44H50N6O6. The normalized spacial score (nSPS) is 12.9. The van der Waals surface area contributed by atoms with Gasteiger partial charge in [-0.15, -0.1) is 0 Å². The van der Waals surface area contributed by atoms with Crippen LogP contribution in [0.3, 0.4) is 0 Å². The summed E-state index contributed by atoms with van der Waals surface area (Å²) in [5.74, 6) is -0.968. The number of rotatable bonds is 18. The van der Waals surface area contributed by atoms with E-state index in [2.05, 4.69) is 37.5 Å². The predicted octanol–water partition coefficient (Wildman–Crippen LogP) is 6.89. The van der Waals surface area contributed by atoms with Gasteiger partial charge in [0.15, 0.2) is 11.9 Å². The lowest BCUT2D eigenvalue weighted by atomic mass is 9.96. The fraction of sp³-hybridized carbons (Fsp3) is 0.341. The zero-order chi connectivity index (χ0) is 40.1. The molecule has 0 aliphatic heterocycles. The fourth-order valence-electron chi connectivity index (χ4n) is 5.95. The number of unbranched alkanes of at least 4 members (excludes halogenated alkanes) is 4. The first-order valence-electron chi connectivity index (χ1n) is 19.0. The molecule has 5 aromatic rings. The highest BCUT2D eigenvalue weighted by molar-refractivity contribution is 5.98. The number of carboxylic acids is 1. The van der Waals surface area contributed by atoms with Gasteiger partial charge >= 0.3 is 5.97 Å². The SMILES string of the molecule is CCCCCCCOc1ccc(-c2cnc(-c3ccc(C[C@H](NC(=O)c4cnc(C(C)(C)C)nc4)C(=O)NC(C(=O)O)C(O)c4ccccc4)cc3)nc2)cc1. The lowest BCUT2D eigenvalue weighted by molar-refractivity contribution is -0.145. The van der Waals surface area contributed by atoms with Crippen molar-refractivity contribution < 1.29 is 29.3 Å². The van der Waals surface area contributed by atoms with Crippen molar-refractivity contribution in [2.75, 3.05) is 6.61 Å². The Morgan fingerprint density at radius 1 is 0.732 bits per heavy atom. The maximum absolute atomic E-state index is 13.7. The summed E-state index contributed by atoms with van der Waals surface area (Å²) in [6.45, 7) is 8.75. The van der Waals surface area contributed by atoms with Gasteiger partial charge in [-0.2, -0.15) is 0 Å². The van der Waals surface area contributed by atoms with Gasteiger partial charge in [-0.25, -0.2) is 24.7 Å². The van der Waals surface area contributed by atoms with Gasteiger partial charge < -0.3 is 25.6 Å². The molecule has 2 amide bonds. The molecule has 0 spiro atoms. The minimum Gasteiger partial charge on any atom is -0.494 e. The number of nitrogens with one attached hydrogen (secondary N) is 2. The van der Waals surface area contributed by atoms with Crippen molar-refractivity contribution in [1.29, 1.82) is 0 Å². The number of aromatic nitrogens is 4. The van der Waals surface area contributed by atoms with Crippen molar-refractivity contribution in [3.8, 4) is 28.3 Å². The second-order valence-corrected chi connectivity index (χ2v) is 14.7. The second kappa shape index (κ2) is 19.5. The molecule has 2 aromatic heterocycles. The minimum absolute atomic E-state index is 0.00488. The van der Waals surface area contributed by atoms with Crippen LogP contribution in [0.1, 0.15) is 93.2 Å². The Bertz CT molecular complexity index is 2020. The lowest BCUT2D eigenvalue weighted by Gasteiger charge is -2.25. The topological polar surface area (TPSA) is 177 Å². The smallest absolute Gasteiger partial charge is 0.329 e. The third-order valence-corrected chi connectivity index (χ3v) is 9.24. The average molecular weight is 759 g/mol. The molecule has 3 aromatic carbocycles. The van der Waals surface area contributed by atoms with Gasteiger partial charge in [-0.3, -0.25) is 9.59 Å². The summed E-state index contributed by atoms with van der Waals surface area (Å²) in [6.07, 6.45) is 10.7. The zero-order valence-electron chi connectivity index (χ0n) is 32.3. The average Bonchev–Trinajstić information content (AvgIpc) is 3.21. The van der Waals surface area contributed by atoms with Crippen molar-refractivity contribution in [3.63, 3.8) is 0 Å². The van der Waals surface area contributed by atoms with Crippen LogP contribution in [0.15, 0.2) is 104 Å². The molecule has 2 heterocycles. The molecule has 0 aliphatic carbocycles. The molecule has 0 saturated heterocycles. The number of aliphatic hydroxyl groups is 1. The number of carboxylic acid groups (broad SMARTS) is 1. The second-order valence-electron chi connectivity index (χ2n) is 14.7. The van der Waals surface area contributed by atoms with Gasteiger partial charge in [0.2, 0.25) is 5.91 Å². The Hall–Kier alpha value is -6.01. The maximum atomic E-state index is 13.7. The van der Waals surface area contributed by atoms with Crippen LogP contribution in [0.2, 0.25) is 0 Å². The van der Waals surface area contributed by atoms with E-state index in [0.717, 1.165) is 28.9 Å². The molecular weight excluding hydrogens is 709 g/mol. The summed E-state index contributed by atoms with van der Waals surface area (Å²) in [7, 11) is 0. The van der Waals surface area contributed by atoms with Crippen LogP contribution < -0.4 is 15.4 Å². The predicted molar refractivity (Wildman–Crippen MR) is 214 cm³/mol. The Labute approximate surface area is 327 Å². The van der Waals surface area contributed by atoms with Gasteiger partial charge in [0.1, 0.15) is 23.7 Å². The standard InChI is InChI=1S/C44H50N6O6/c1-5-6-7-8-12-23-56-35-21-19-30(20-22-35)33-25-45-39(46-26-33)32-17-15-29(16-18-32)24-36(49-40(52)34-27-47-43(48-28-34)44(2,3)4)41(53)50-37(42(54)55)38(51)31-13-10-9-11-14-31/h9-11,13-22,25-28,36-38,51H,5-8,12,23-24H2,1-4H3,(H,49,52)(H,50,53)(H,54,55)/t36-,37?,38?/m0/s1. The molecule has 0 fully saturated rings. The molecule has 12 nitrogen and oxygen atoms in total. The van der Waals surface area contributed by atoms with Gasteiger partial charge in [0.05, 0.1) is 12.2 Å². The lowest BCUT2D eigenvalue weighted by Crippen LogP contribution is -2.54. The molecule has 0 saturated carbocycles. The number of benzene rings is 3. The van der Waals surface area contributed by atoms with Crippen LogP contribution in [0.5, 0.6) is 5.75 Å². The van der Waals surface area contributed by atoms with E-state index in [-0.39, 0.29) is 17.4 Å². The van der Waals surface area contributed by atoms with E-state index in [1.807, 2.05) is 57.2 Å². The van der Waals surface area contributed by atoms with E-state index >= 15 is 0 Å². The van der Waals surface area contributed by atoms with Crippen molar-refractivity contribution in [3.05, 3.63) is 126 Å². The highest BCUT2D eigenvalue weighted by atomic mass is 16.5. The molecule has 4 N–H and O–H groups in total. The first-order chi connectivity index (χ1) is 26.9. The van der Waals surface area contributed by atoms with Crippen molar-refractivity contribution in [2.24, 2.45) is 0 Å². The molecule has 12 heteroatoms. The maximum Gasteiger partial charge on any atom is 0.329 e. The summed E-state index contributed by atoms with van der Waals surface area (Å²) in [5.41, 5.74) is 3.34. The number of hydrogen-bond donors (Lipinski definition) is 4. The summed E-state index contributed by atoms with van der Waals surface area (Å²) in [4.78, 5) is 57.2. The number of hydrogen-bond acceptors (Lipinski definition) is 9. The van der Waals surface area contributed by atoms with Gasteiger partial charge in [0.25, 0.3) is 5.91 Å². The van der Waals surface area contributed by atoms with Crippen molar-refractivity contribution in [2.45, 2.75) is 89.8 Å². The first-order valence-corrected chi connectivity index (χ1v) is 19.0. The zero-order valence-corrected chi connectivity index (χ0v) is 32.3. The van der Waals surface area contributed by atoms with E-state index < -0.39 is 36.0 Å². The van der Waals surface area contributed by atoms with E-state index in [1.165, 1.54) is 38.1 Å². The van der Waals surface area contributed by atoms with Crippen LogP contribution in [-0.4, -0.2) is 66.6 Å². The summed E-state index contributed by atoms with van der Waals surface area (Å²) < 4.78 is 5.89. The molecule has 0 bridgehead atoms. The number of amides is 2. The number of carbonyl (C=O) groups excluding carboxylic acids is 2. The third-order valence-electron chi connectivity index (χ3n) is 9.24. The number of ether oxygens (including phenoxy) is 1. The van der Waals surface area contributed by atoms with Crippen LogP contribution >= 0.6 is 0 Å². The molecule has 0 radical (unpaired) electrons. The fourth-order valence-corrected chi connectivity index (χ4v) is 5.95. The third kappa shape index (κ3) is 11.5.